The summed E-state index contributed by atoms with van der Waals surface area (Å²) >= 11 is 11.9. The molecule has 2 rings (SSSR count). The molecule has 25 heavy (non-hydrogen) atoms. The molecular weight excluding hydrogens is 359 g/mol. The van der Waals surface area contributed by atoms with Gasteiger partial charge in [0, 0.05) is 5.69 Å². The zero-order valence-corrected chi connectivity index (χ0v) is 15.8. The van der Waals surface area contributed by atoms with Crippen LogP contribution in [0.2, 0.25) is 10.0 Å². The van der Waals surface area contributed by atoms with Gasteiger partial charge in [-0.25, -0.2) is 0 Å². The molecule has 0 bridgehead atoms. The predicted molar refractivity (Wildman–Crippen MR) is 103 cm³/mol. The molecule has 0 aromatic heterocycles. The van der Waals surface area contributed by atoms with Crippen molar-refractivity contribution in [1.29, 1.82) is 0 Å². The Morgan fingerprint density at radius 2 is 1.52 bits per heavy atom. The number of amides is 2. The molecule has 0 aliphatic carbocycles. The van der Waals surface area contributed by atoms with E-state index in [0.717, 1.165) is 0 Å². The second-order valence-corrected chi connectivity index (χ2v) is 7.49. The maximum atomic E-state index is 12.0. The molecule has 2 aromatic carbocycles. The number of carbonyl (C=O) groups excluding carboxylic acids is 2. The quantitative estimate of drug-likeness (QED) is 0.712. The van der Waals surface area contributed by atoms with Gasteiger partial charge >= 0.3 is 0 Å². The van der Waals surface area contributed by atoms with Crippen molar-refractivity contribution in [2.75, 3.05) is 10.6 Å². The van der Waals surface area contributed by atoms with Gasteiger partial charge in [0.2, 0.25) is 11.8 Å². The molecule has 0 saturated carbocycles. The van der Waals surface area contributed by atoms with E-state index in [1.54, 1.807) is 18.2 Å². The molecule has 2 aromatic rings. The molecular formula is C19H20Cl2N2O2. The molecule has 2 amide bonds. The van der Waals surface area contributed by atoms with Gasteiger partial charge in [-0.15, -0.1) is 0 Å². The van der Waals surface area contributed by atoms with E-state index in [0.29, 0.717) is 16.4 Å². The normalized spacial score (nSPS) is 11.1. The summed E-state index contributed by atoms with van der Waals surface area (Å²) < 4.78 is 0. The van der Waals surface area contributed by atoms with E-state index in [4.69, 9.17) is 23.2 Å². The molecule has 0 spiro atoms. The van der Waals surface area contributed by atoms with E-state index in [9.17, 15) is 9.59 Å². The summed E-state index contributed by atoms with van der Waals surface area (Å²) in [7, 11) is 0. The van der Waals surface area contributed by atoms with Crippen molar-refractivity contribution in [2.45, 2.75) is 32.6 Å². The van der Waals surface area contributed by atoms with Gasteiger partial charge in [-0.2, -0.15) is 0 Å². The molecule has 2 N–H and O–H groups in total. The van der Waals surface area contributed by atoms with Crippen molar-refractivity contribution in [1.82, 2.24) is 0 Å². The van der Waals surface area contributed by atoms with Crippen molar-refractivity contribution in [3.8, 4) is 0 Å². The fourth-order valence-electron chi connectivity index (χ4n) is 2.20. The largest absolute Gasteiger partial charge is 0.326 e. The molecule has 4 nitrogen and oxygen atoms in total. The van der Waals surface area contributed by atoms with E-state index in [1.807, 2.05) is 24.3 Å². The smallest absolute Gasteiger partial charge is 0.233 e. The summed E-state index contributed by atoms with van der Waals surface area (Å²) in [6, 6.07) is 12.5. The molecule has 0 unspecified atom stereocenters. The van der Waals surface area contributed by atoms with Gasteiger partial charge in [-0.3, -0.25) is 9.59 Å². The number of benzene rings is 2. The third kappa shape index (κ3) is 5.48. The SMILES string of the molecule is CC(C)(C)c1ccc(NC(=O)CC(=O)Nc2cccc(Cl)c2Cl)cc1. The zero-order chi connectivity index (χ0) is 18.6. The van der Waals surface area contributed by atoms with Gasteiger partial charge in [0.15, 0.2) is 0 Å². The lowest BCUT2D eigenvalue weighted by molar-refractivity contribution is -0.123. The second kappa shape index (κ2) is 7.89. The van der Waals surface area contributed by atoms with Crippen LogP contribution in [0.5, 0.6) is 0 Å². The molecule has 132 valence electrons. The first-order valence-corrected chi connectivity index (χ1v) is 8.56. The Bertz CT molecular complexity index is 781. The Morgan fingerprint density at radius 1 is 0.920 bits per heavy atom. The number of anilines is 2. The maximum absolute atomic E-state index is 12.0. The summed E-state index contributed by atoms with van der Waals surface area (Å²) in [5.41, 5.74) is 2.23. The highest BCUT2D eigenvalue weighted by atomic mass is 35.5. The fourth-order valence-corrected chi connectivity index (χ4v) is 2.55. The van der Waals surface area contributed by atoms with Crippen LogP contribution in [0.1, 0.15) is 32.8 Å². The predicted octanol–water partition coefficient (Wildman–Crippen LogP) is 5.26. The number of halogens is 2. The average Bonchev–Trinajstić information content (AvgIpc) is 2.51. The lowest BCUT2D eigenvalue weighted by Gasteiger charge is -2.19. The molecule has 0 aliphatic rings. The van der Waals surface area contributed by atoms with Gasteiger partial charge in [0.25, 0.3) is 0 Å². The van der Waals surface area contributed by atoms with Crippen LogP contribution in [-0.2, 0) is 15.0 Å². The molecule has 0 atom stereocenters. The number of rotatable bonds is 4. The van der Waals surface area contributed by atoms with E-state index in [1.165, 1.54) is 5.56 Å². The number of hydrogen-bond acceptors (Lipinski definition) is 2. The van der Waals surface area contributed by atoms with Crippen LogP contribution < -0.4 is 10.6 Å². The van der Waals surface area contributed by atoms with Crippen LogP contribution in [0, 0.1) is 0 Å². The maximum Gasteiger partial charge on any atom is 0.233 e. The molecule has 0 saturated heterocycles. The lowest BCUT2D eigenvalue weighted by Crippen LogP contribution is -2.21. The molecule has 0 aliphatic heterocycles. The molecule has 6 heteroatoms. The third-order valence-electron chi connectivity index (χ3n) is 3.58. The van der Waals surface area contributed by atoms with Crippen molar-refractivity contribution in [3.63, 3.8) is 0 Å². The first-order valence-electron chi connectivity index (χ1n) is 7.81. The van der Waals surface area contributed by atoms with E-state index in [2.05, 4.69) is 31.4 Å². The Balaban J connectivity index is 1.93. The van der Waals surface area contributed by atoms with Gasteiger partial charge in [-0.05, 0) is 35.2 Å². The fraction of sp³-hybridized carbons (Fsp3) is 0.263. The average molecular weight is 379 g/mol. The van der Waals surface area contributed by atoms with E-state index in [-0.39, 0.29) is 16.9 Å². The van der Waals surface area contributed by atoms with Crippen LogP contribution in [0.15, 0.2) is 42.5 Å². The van der Waals surface area contributed by atoms with Crippen molar-refractivity contribution < 1.29 is 9.59 Å². The zero-order valence-electron chi connectivity index (χ0n) is 14.3. The van der Waals surface area contributed by atoms with Crippen LogP contribution in [-0.4, -0.2) is 11.8 Å². The van der Waals surface area contributed by atoms with E-state index >= 15 is 0 Å². The Morgan fingerprint density at radius 3 is 2.12 bits per heavy atom. The Hall–Kier alpha value is -2.04. The summed E-state index contributed by atoms with van der Waals surface area (Å²) in [6.45, 7) is 6.35. The second-order valence-electron chi connectivity index (χ2n) is 6.70. The first kappa shape index (κ1) is 19.3. The Kier molecular flexibility index (Phi) is 6.09. The van der Waals surface area contributed by atoms with Crippen molar-refractivity contribution in [3.05, 3.63) is 58.1 Å². The first-order chi connectivity index (χ1) is 11.7. The van der Waals surface area contributed by atoms with Crippen molar-refractivity contribution in [2.24, 2.45) is 0 Å². The van der Waals surface area contributed by atoms with E-state index < -0.39 is 11.8 Å². The highest BCUT2D eigenvalue weighted by molar-refractivity contribution is 6.44. The van der Waals surface area contributed by atoms with Crippen molar-refractivity contribution >= 4 is 46.4 Å². The number of hydrogen-bond donors (Lipinski definition) is 2. The number of nitrogens with one attached hydrogen (secondary N) is 2. The minimum atomic E-state index is -0.465. The third-order valence-corrected chi connectivity index (χ3v) is 4.40. The lowest BCUT2D eigenvalue weighted by atomic mass is 9.87. The standard InChI is InChI=1S/C19H20Cl2N2O2/c1-19(2,3)12-7-9-13(10-8-12)22-16(24)11-17(25)23-15-6-4-5-14(20)18(15)21/h4-10H,11H2,1-3H3,(H,22,24)(H,23,25). The summed E-state index contributed by atoms with van der Waals surface area (Å²) in [6.07, 6.45) is -0.316. The molecule has 0 fully saturated rings. The molecule has 0 radical (unpaired) electrons. The highest BCUT2D eigenvalue weighted by Gasteiger charge is 2.15. The van der Waals surface area contributed by atoms with Gasteiger partial charge in [0.1, 0.15) is 6.42 Å². The minimum Gasteiger partial charge on any atom is -0.326 e. The Labute approximate surface area is 157 Å². The summed E-state index contributed by atoms with van der Waals surface area (Å²) in [4.78, 5) is 24.0. The van der Waals surface area contributed by atoms with Crippen LogP contribution in [0.25, 0.3) is 0 Å². The van der Waals surface area contributed by atoms with Crippen LogP contribution in [0.4, 0.5) is 11.4 Å². The van der Waals surface area contributed by atoms with Crippen LogP contribution in [0.3, 0.4) is 0 Å². The highest BCUT2D eigenvalue weighted by Crippen LogP contribution is 2.29. The molecule has 0 heterocycles. The van der Waals surface area contributed by atoms with Gasteiger partial charge in [-0.1, -0.05) is 62.2 Å². The topological polar surface area (TPSA) is 58.2 Å². The monoisotopic (exact) mass is 378 g/mol. The van der Waals surface area contributed by atoms with Gasteiger partial charge < -0.3 is 10.6 Å². The number of carbonyl (C=O) groups is 2. The summed E-state index contributed by atoms with van der Waals surface area (Å²) in [5.74, 6) is -0.868. The minimum absolute atomic E-state index is 0.0403. The van der Waals surface area contributed by atoms with Crippen LogP contribution >= 0.6 is 23.2 Å². The van der Waals surface area contributed by atoms with Gasteiger partial charge in [0.05, 0.1) is 15.7 Å². The summed E-state index contributed by atoms with van der Waals surface area (Å²) in [5, 5.41) is 5.87.